The molecule has 0 aromatic carbocycles. The molecule has 1 aliphatic rings. The summed E-state index contributed by atoms with van der Waals surface area (Å²) in [5.41, 5.74) is 0. The number of hydrogen-bond acceptors (Lipinski definition) is 2. The van der Waals surface area contributed by atoms with Crippen molar-refractivity contribution in [2.45, 2.75) is 57.9 Å². The second kappa shape index (κ2) is 6.83. The molecule has 0 radical (unpaired) electrons. The molecule has 0 saturated carbocycles. The second-order valence-electron chi connectivity index (χ2n) is 4.47. The van der Waals surface area contributed by atoms with Crippen LogP contribution in [0.3, 0.4) is 0 Å². The number of carboxylic acids is 1. The number of nitrogens with zero attached hydrogens (tertiary/aromatic N) is 1. The Bertz CT molecular complexity index is 194. The van der Waals surface area contributed by atoms with Crippen molar-refractivity contribution in [2.24, 2.45) is 0 Å². The van der Waals surface area contributed by atoms with Crippen molar-refractivity contribution in [1.82, 2.24) is 4.90 Å². The molecular formula is C12H23NO2. The molecule has 1 aliphatic heterocycles. The van der Waals surface area contributed by atoms with E-state index in [4.69, 9.17) is 5.11 Å². The van der Waals surface area contributed by atoms with E-state index in [2.05, 4.69) is 11.8 Å². The maximum Gasteiger partial charge on any atom is 0.303 e. The summed E-state index contributed by atoms with van der Waals surface area (Å²) >= 11 is 0. The van der Waals surface area contributed by atoms with Crippen molar-refractivity contribution in [2.75, 3.05) is 13.1 Å². The van der Waals surface area contributed by atoms with Crippen molar-refractivity contribution in [3.63, 3.8) is 0 Å². The zero-order valence-corrected chi connectivity index (χ0v) is 9.74. The van der Waals surface area contributed by atoms with Crippen LogP contribution < -0.4 is 0 Å². The molecule has 1 fully saturated rings. The number of aliphatic carboxylic acids is 1. The third-order valence-corrected chi connectivity index (χ3v) is 3.24. The largest absolute Gasteiger partial charge is 0.481 e. The quantitative estimate of drug-likeness (QED) is 0.737. The number of likely N-dealkylation sites (tertiary alicyclic amines) is 1. The van der Waals surface area contributed by atoms with Crippen LogP contribution in [0.1, 0.15) is 51.9 Å². The number of carbonyl (C=O) groups is 1. The van der Waals surface area contributed by atoms with Crippen LogP contribution in [-0.2, 0) is 4.79 Å². The minimum absolute atomic E-state index is 0.327. The molecule has 0 spiro atoms. The number of hydrogen-bond donors (Lipinski definition) is 1. The smallest absolute Gasteiger partial charge is 0.303 e. The molecule has 3 nitrogen and oxygen atoms in total. The molecule has 0 amide bonds. The highest BCUT2D eigenvalue weighted by molar-refractivity contribution is 5.66. The van der Waals surface area contributed by atoms with Gasteiger partial charge in [0.25, 0.3) is 0 Å². The Morgan fingerprint density at radius 1 is 1.47 bits per heavy atom. The first-order chi connectivity index (χ1) is 7.24. The summed E-state index contributed by atoms with van der Waals surface area (Å²) in [5, 5.41) is 8.69. The first-order valence-corrected chi connectivity index (χ1v) is 6.20. The monoisotopic (exact) mass is 213 g/mol. The maximum atomic E-state index is 10.5. The predicted molar refractivity (Wildman–Crippen MR) is 61.0 cm³/mol. The summed E-state index contributed by atoms with van der Waals surface area (Å²) in [7, 11) is 0. The van der Waals surface area contributed by atoms with Gasteiger partial charge in [-0.3, -0.25) is 4.79 Å². The van der Waals surface area contributed by atoms with Gasteiger partial charge in [0.15, 0.2) is 0 Å². The lowest BCUT2D eigenvalue weighted by Crippen LogP contribution is -2.40. The highest BCUT2D eigenvalue weighted by atomic mass is 16.4. The molecule has 1 heterocycles. The van der Waals surface area contributed by atoms with E-state index < -0.39 is 5.97 Å². The topological polar surface area (TPSA) is 40.5 Å². The van der Waals surface area contributed by atoms with Gasteiger partial charge in [-0.25, -0.2) is 0 Å². The van der Waals surface area contributed by atoms with Gasteiger partial charge in [-0.05, 0) is 38.8 Å². The lowest BCUT2D eigenvalue weighted by atomic mass is 9.97. The lowest BCUT2D eigenvalue weighted by Gasteiger charge is -2.35. The van der Waals surface area contributed by atoms with E-state index in [1.807, 2.05) is 0 Å². The van der Waals surface area contributed by atoms with Gasteiger partial charge in [0.1, 0.15) is 0 Å². The van der Waals surface area contributed by atoms with Gasteiger partial charge in [0.2, 0.25) is 0 Å². The fourth-order valence-corrected chi connectivity index (χ4v) is 2.33. The average molecular weight is 213 g/mol. The molecule has 1 N–H and O–H groups in total. The van der Waals surface area contributed by atoms with Crippen LogP contribution in [0.15, 0.2) is 0 Å². The highest BCUT2D eigenvalue weighted by Crippen LogP contribution is 2.21. The van der Waals surface area contributed by atoms with Crippen molar-refractivity contribution < 1.29 is 9.90 Å². The van der Waals surface area contributed by atoms with Gasteiger partial charge in [0.05, 0.1) is 0 Å². The van der Waals surface area contributed by atoms with E-state index in [1.54, 1.807) is 0 Å². The Morgan fingerprint density at radius 2 is 2.27 bits per heavy atom. The van der Waals surface area contributed by atoms with E-state index in [9.17, 15) is 4.79 Å². The van der Waals surface area contributed by atoms with Crippen molar-refractivity contribution >= 4 is 5.97 Å². The van der Waals surface area contributed by atoms with Gasteiger partial charge in [-0.2, -0.15) is 0 Å². The van der Waals surface area contributed by atoms with E-state index in [-0.39, 0.29) is 0 Å². The number of rotatable bonds is 6. The predicted octanol–water partition coefficient (Wildman–Crippen LogP) is 2.51. The maximum absolute atomic E-state index is 10.5. The van der Waals surface area contributed by atoms with Gasteiger partial charge in [-0.15, -0.1) is 0 Å². The molecular weight excluding hydrogens is 190 g/mol. The van der Waals surface area contributed by atoms with E-state index in [1.165, 1.54) is 38.6 Å². The Morgan fingerprint density at radius 3 is 2.93 bits per heavy atom. The van der Waals surface area contributed by atoms with Gasteiger partial charge in [0, 0.05) is 12.5 Å². The SMILES string of the molecule is CCCCN1CCCCC1CCC(=O)O. The molecule has 0 aromatic heterocycles. The second-order valence-corrected chi connectivity index (χ2v) is 4.47. The van der Waals surface area contributed by atoms with Crippen LogP contribution in [0.5, 0.6) is 0 Å². The fraction of sp³-hybridized carbons (Fsp3) is 0.917. The lowest BCUT2D eigenvalue weighted by molar-refractivity contribution is -0.137. The molecule has 1 saturated heterocycles. The van der Waals surface area contributed by atoms with Crippen LogP contribution >= 0.6 is 0 Å². The number of piperidine rings is 1. The van der Waals surface area contributed by atoms with E-state index >= 15 is 0 Å². The minimum atomic E-state index is -0.656. The van der Waals surface area contributed by atoms with Crippen LogP contribution in [0.4, 0.5) is 0 Å². The van der Waals surface area contributed by atoms with Crippen molar-refractivity contribution in [3.8, 4) is 0 Å². The third-order valence-electron chi connectivity index (χ3n) is 3.24. The Hall–Kier alpha value is -0.570. The molecule has 15 heavy (non-hydrogen) atoms. The highest BCUT2D eigenvalue weighted by Gasteiger charge is 2.21. The molecule has 0 aliphatic carbocycles. The summed E-state index contributed by atoms with van der Waals surface area (Å²) in [5.74, 6) is -0.656. The van der Waals surface area contributed by atoms with Gasteiger partial charge < -0.3 is 10.0 Å². The Balaban J connectivity index is 2.32. The van der Waals surface area contributed by atoms with Crippen LogP contribution in [0, 0.1) is 0 Å². The van der Waals surface area contributed by atoms with E-state index in [0.29, 0.717) is 12.5 Å². The molecule has 1 unspecified atom stereocenters. The summed E-state index contributed by atoms with van der Waals surface area (Å²) in [6.07, 6.45) is 7.37. The molecule has 1 atom stereocenters. The standard InChI is InChI=1S/C12H23NO2/c1-2-3-9-13-10-5-4-6-11(13)7-8-12(14)15/h11H,2-10H2,1H3,(H,14,15). The molecule has 0 bridgehead atoms. The molecule has 88 valence electrons. The zero-order valence-electron chi connectivity index (χ0n) is 9.74. The third kappa shape index (κ3) is 4.65. The van der Waals surface area contributed by atoms with Gasteiger partial charge >= 0.3 is 5.97 Å². The number of unbranched alkanes of at least 4 members (excludes halogenated alkanes) is 1. The zero-order chi connectivity index (χ0) is 11.1. The first kappa shape index (κ1) is 12.5. The summed E-state index contributed by atoms with van der Waals surface area (Å²) < 4.78 is 0. The van der Waals surface area contributed by atoms with Crippen LogP contribution in [0.25, 0.3) is 0 Å². The van der Waals surface area contributed by atoms with Crippen molar-refractivity contribution in [1.29, 1.82) is 0 Å². The summed E-state index contributed by atoms with van der Waals surface area (Å²) in [4.78, 5) is 13.0. The number of carboxylic acid groups (broad SMARTS) is 1. The van der Waals surface area contributed by atoms with Crippen molar-refractivity contribution in [3.05, 3.63) is 0 Å². The Labute approximate surface area is 92.5 Å². The molecule has 0 aromatic rings. The van der Waals surface area contributed by atoms with Crippen LogP contribution in [0.2, 0.25) is 0 Å². The van der Waals surface area contributed by atoms with Crippen LogP contribution in [-0.4, -0.2) is 35.1 Å². The summed E-state index contributed by atoms with van der Waals surface area (Å²) in [6.45, 7) is 4.53. The van der Waals surface area contributed by atoms with E-state index in [0.717, 1.165) is 13.0 Å². The summed E-state index contributed by atoms with van der Waals surface area (Å²) in [6, 6.07) is 0.529. The Kier molecular flexibility index (Phi) is 5.69. The first-order valence-electron chi connectivity index (χ1n) is 6.20. The minimum Gasteiger partial charge on any atom is -0.481 e. The average Bonchev–Trinajstić information content (AvgIpc) is 2.24. The molecule has 1 rings (SSSR count). The fourth-order valence-electron chi connectivity index (χ4n) is 2.33. The van der Waals surface area contributed by atoms with Gasteiger partial charge in [-0.1, -0.05) is 19.8 Å². The molecule has 3 heteroatoms. The normalized spacial score (nSPS) is 22.9.